The van der Waals surface area contributed by atoms with Gasteiger partial charge in [0.2, 0.25) is 0 Å². The summed E-state index contributed by atoms with van der Waals surface area (Å²) in [5.41, 5.74) is -0.503. The number of rotatable bonds is 6. The number of carbonyl (C=O) groups is 1. The summed E-state index contributed by atoms with van der Waals surface area (Å²) in [6.45, 7) is 12.5. The van der Waals surface area contributed by atoms with Crippen LogP contribution in [-0.4, -0.2) is 64.8 Å². The Hall–Kier alpha value is -2.25. The number of imidazole rings is 1. The van der Waals surface area contributed by atoms with E-state index in [0.717, 1.165) is 38.3 Å². The maximum absolute atomic E-state index is 12.2. The molecule has 0 aromatic carbocycles. The summed E-state index contributed by atoms with van der Waals surface area (Å²) in [5.74, 6) is 1.45. The minimum absolute atomic E-state index is 0.0141. The minimum Gasteiger partial charge on any atom is -0.444 e. The number of nitrogens with zero attached hydrogens (tertiary/aromatic N) is 4. The van der Waals surface area contributed by atoms with Crippen LogP contribution in [0.4, 0.5) is 4.79 Å². The molecule has 1 aromatic heterocycles. The van der Waals surface area contributed by atoms with Gasteiger partial charge in [-0.3, -0.25) is 4.99 Å². The molecule has 1 saturated heterocycles. The van der Waals surface area contributed by atoms with Crippen LogP contribution in [0.25, 0.3) is 0 Å². The first kappa shape index (κ1) is 23.0. The lowest BCUT2D eigenvalue weighted by Crippen LogP contribution is -2.52. The minimum atomic E-state index is -0.503. The molecular formula is C21H38N6O2. The van der Waals surface area contributed by atoms with Crippen molar-refractivity contribution in [2.75, 3.05) is 26.7 Å². The van der Waals surface area contributed by atoms with Gasteiger partial charge in [-0.1, -0.05) is 20.3 Å². The number of hydrogen-bond acceptors (Lipinski definition) is 4. The Morgan fingerprint density at radius 2 is 2.17 bits per heavy atom. The zero-order valence-corrected chi connectivity index (χ0v) is 18.8. The van der Waals surface area contributed by atoms with Crippen LogP contribution in [0.15, 0.2) is 23.7 Å². The van der Waals surface area contributed by atoms with Crippen molar-refractivity contribution in [3.63, 3.8) is 0 Å². The molecule has 0 radical (unpaired) electrons. The zero-order chi connectivity index (χ0) is 21.4. The van der Waals surface area contributed by atoms with Crippen LogP contribution < -0.4 is 10.6 Å². The summed E-state index contributed by atoms with van der Waals surface area (Å²) in [4.78, 5) is 23.1. The first-order valence-corrected chi connectivity index (χ1v) is 10.7. The number of piperidine rings is 1. The third-order valence-electron chi connectivity index (χ3n) is 5.20. The van der Waals surface area contributed by atoms with Crippen molar-refractivity contribution < 1.29 is 9.53 Å². The van der Waals surface area contributed by atoms with Crippen LogP contribution in [0.5, 0.6) is 0 Å². The first-order chi connectivity index (χ1) is 13.7. The van der Waals surface area contributed by atoms with E-state index in [1.54, 1.807) is 0 Å². The van der Waals surface area contributed by atoms with E-state index < -0.39 is 5.60 Å². The van der Waals surface area contributed by atoms with Crippen molar-refractivity contribution in [2.24, 2.45) is 10.9 Å². The number of guanidine groups is 1. The molecule has 0 saturated carbocycles. The number of ether oxygens (including phenoxy) is 1. The molecule has 2 heterocycles. The van der Waals surface area contributed by atoms with E-state index in [9.17, 15) is 4.79 Å². The third-order valence-corrected chi connectivity index (χ3v) is 5.20. The molecule has 29 heavy (non-hydrogen) atoms. The van der Waals surface area contributed by atoms with Crippen LogP contribution in [0.1, 0.15) is 59.9 Å². The number of aliphatic imine (C=N–C) groups is 1. The van der Waals surface area contributed by atoms with E-state index in [1.807, 2.05) is 46.5 Å². The van der Waals surface area contributed by atoms with Crippen molar-refractivity contribution in [3.05, 3.63) is 18.7 Å². The van der Waals surface area contributed by atoms with Gasteiger partial charge in [-0.15, -0.1) is 0 Å². The topological polar surface area (TPSA) is 83.8 Å². The Morgan fingerprint density at radius 1 is 1.41 bits per heavy atom. The van der Waals surface area contributed by atoms with Gasteiger partial charge in [0.25, 0.3) is 0 Å². The number of amides is 1. The molecule has 0 aliphatic carbocycles. The number of nitrogens with one attached hydrogen (secondary N) is 2. The molecule has 164 valence electrons. The summed E-state index contributed by atoms with van der Waals surface area (Å²) < 4.78 is 7.59. The second-order valence-electron chi connectivity index (χ2n) is 8.85. The average Bonchev–Trinajstić information content (AvgIpc) is 3.16. The summed E-state index contributed by atoms with van der Waals surface area (Å²) in [6, 6.07) is 0.357. The maximum Gasteiger partial charge on any atom is 0.407 e. The van der Waals surface area contributed by atoms with Gasteiger partial charge in [0.1, 0.15) is 5.60 Å². The van der Waals surface area contributed by atoms with E-state index in [-0.39, 0.29) is 12.1 Å². The maximum atomic E-state index is 12.2. The van der Waals surface area contributed by atoms with E-state index in [1.165, 1.54) is 0 Å². The molecular weight excluding hydrogens is 368 g/mol. The van der Waals surface area contributed by atoms with Gasteiger partial charge in [0.15, 0.2) is 5.96 Å². The lowest BCUT2D eigenvalue weighted by molar-refractivity contribution is 0.0502. The van der Waals surface area contributed by atoms with Crippen LogP contribution >= 0.6 is 0 Å². The lowest BCUT2D eigenvalue weighted by Gasteiger charge is -2.39. The Kier molecular flexibility index (Phi) is 8.34. The van der Waals surface area contributed by atoms with E-state index in [2.05, 4.69) is 43.9 Å². The molecule has 1 fully saturated rings. The molecule has 0 bridgehead atoms. The average molecular weight is 407 g/mol. The second kappa shape index (κ2) is 10.5. The Labute approximate surface area is 175 Å². The normalized spacial score (nSPS) is 21.6. The fourth-order valence-corrected chi connectivity index (χ4v) is 3.69. The highest BCUT2D eigenvalue weighted by atomic mass is 16.6. The number of hydrogen-bond donors (Lipinski definition) is 2. The van der Waals surface area contributed by atoms with Crippen LogP contribution in [0, 0.1) is 5.92 Å². The molecule has 8 heteroatoms. The van der Waals surface area contributed by atoms with E-state index >= 15 is 0 Å². The largest absolute Gasteiger partial charge is 0.444 e. The number of carbonyl (C=O) groups excluding carboxylic acids is 1. The fraction of sp³-hybridized carbons (Fsp3) is 0.762. The van der Waals surface area contributed by atoms with Crippen molar-refractivity contribution >= 4 is 12.1 Å². The second-order valence-corrected chi connectivity index (χ2v) is 8.85. The summed E-state index contributed by atoms with van der Waals surface area (Å²) >= 11 is 0. The number of alkyl carbamates (subject to hydrolysis) is 1. The molecule has 1 aliphatic rings. The van der Waals surface area contributed by atoms with Gasteiger partial charge < -0.3 is 24.8 Å². The molecule has 3 atom stereocenters. The quantitative estimate of drug-likeness (QED) is 0.560. The van der Waals surface area contributed by atoms with Gasteiger partial charge in [-0.2, -0.15) is 0 Å². The molecule has 2 rings (SSSR count). The lowest BCUT2D eigenvalue weighted by atomic mass is 9.93. The SMILES string of the molecule is CCCC(CNC(=NC)N1CCC(C)C(n2ccnc2)C1)NC(=O)OC(C)(C)C. The van der Waals surface area contributed by atoms with Crippen molar-refractivity contribution in [2.45, 2.75) is 71.6 Å². The predicted octanol–water partition coefficient (Wildman–Crippen LogP) is 3.03. The Bertz CT molecular complexity index is 653. The molecule has 3 unspecified atom stereocenters. The van der Waals surface area contributed by atoms with E-state index in [4.69, 9.17) is 4.74 Å². The van der Waals surface area contributed by atoms with Crippen molar-refractivity contribution in [1.29, 1.82) is 0 Å². The molecule has 2 N–H and O–H groups in total. The Balaban J connectivity index is 1.94. The summed E-state index contributed by atoms with van der Waals surface area (Å²) in [6.07, 6.45) is 8.32. The Morgan fingerprint density at radius 3 is 2.76 bits per heavy atom. The molecule has 1 amide bonds. The highest BCUT2D eigenvalue weighted by Gasteiger charge is 2.29. The van der Waals surface area contributed by atoms with Gasteiger partial charge >= 0.3 is 6.09 Å². The van der Waals surface area contributed by atoms with Crippen molar-refractivity contribution in [3.8, 4) is 0 Å². The van der Waals surface area contributed by atoms with Crippen LogP contribution in [0.2, 0.25) is 0 Å². The smallest absolute Gasteiger partial charge is 0.407 e. The molecule has 1 aromatic rings. The van der Waals surface area contributed by atoms with Crippen LogP contribution in [-0.2, 0) is 4.74 Å². The van der Waals surface area contributed by atoms with Gasteiger partial charge in [-0.25, -0.2) is 9.78 Å². The van der Waals surface area contributed by atoms with E-state index in [0.29, 0.717) is 18.5 Å². The zero-order valence-electron chi connectivity index (χ0n) is 18.8. The number of likely N-dealkylation sites (tertiary alicyclic amines) is 1. The molecule has 1 aliphatic heterocycles. The van der Waals surface area contributed by atoms with Crippen molar-refractivity contribution in [1.82, 2.24) is 25.1 Å². The van der Waals surface area contributed by atoms with Gasteiger partial charge in [-0.05, 0) is 39.5 Å². The highest BCUT2D eigenvalue weighted by Crippen LogP contribution is 2.27. The molecule has 8 nitrogen and oxygen atoms in total. The molecule has 0 spiro atoms. The summed E-state index contributed by atoms with van der Waals surface area (Å²) in [5, 5.41) is 6.44. The van der Waals surface area contributed by atoms with Gasteiger partial charge in [0, 0.05) is 45.1 Å². The predicted molar refractivity (Wildman–Crippen MR) is 116 cm³/mol. The number of aromatic nitrogens is 2. The van der Waals surface area contributed by atoms with Crippen LogP contribution in [0.3, 0.4) is 0 Å². The monoisotopic (exact) mass is 406 g/mol. The third kappa shape index (κ3) is 7.25. The summed E-state index contributed by atoms with van der Waals surface area (Å²) in [7, 11) is 1.81. The standard InChI is InChI=1S/C21H38N6O2/c1-7-8-17(25-20(28)29-21(3,4)5)13-24-19(22-6)26-11-9-16(2)18(14-26)27-12-10-23-15-27/h10,12,15-18H,7-9,11,13-14H2,1-6H3,(H,22,24)(H,25,28). The highest BCUT2D eigenvalue weighted by molar-refractivity contribution is 5.80. The first-order valence-electron chi connectivity index (χ1n) is 10.7. The van der Waals surface area contributed by atoms with Gasteiger partial charge in [0.05, 0.1) is 12.4 Å². The fourth-order valence-electron chi connectivity index (χ4n) is 3.69.